The van der Waals surface area contributed by atoms with Crippen LogP contribution in [0.1, 0.15) is 33.4 Å². The summed E-state index contributed by atoms with van der Waals surface area (Å²) < 4.78 is 31.9. The standard InChI is InChI=1S/C51H38O2P2/c1-35-23-27-43-44-28-24-36(2)32-48(44)51(47(43)31-35)49-33-41(54(52,37-15-7-3-8-16-37)38-17-9-4-10-18-38)25-29-45(49)46-30-26-42(34-50(46)51)55(53,39-19-11-5-12-20-39)40-21-13-6-14-22-40/h3-34H,1-2H3. The quantitative estimate of drug-likeness (QED) is 0.159. The second-order valence-corrected chi connectivity index (χ2v) is 20.4. The number of benzene rings is 8. The summed E-state index contributed by atoms with van der Waals surface area (Å²) >= 11 is 0. The van der Waals surface area contributed by atoms with E-state index in [0.29, 0.717) is 0 Å². The molecule has 1 spiro atoms. The van der Waals surface area contributed by atoms with Crippen molar-refractivity contribution >= 4 is 46.1 Å². The van der Waals surface area contributed by atoms with E-state index >= 15 is 9.13 Å². The van der Waals surface area contributed by atoms with Gasteiger partial charge in [-0.3, -0.25) is 0 Å². The lowest BCUT2D eigenvalue weighted by molar-refractivity contribution is 0.591. The maximum absolute atomic E-state index is 16.0. The Bertz CT molecular complexity index is 2600. The van der Waals surface area contributed by atoms with Crippen molar-refractivity contribution in [2.45, 2.75) is 19.3 Å². The van der Waals surface area contributed by atoms with Gasteiger partial charge in [-0.05, 0) is 70.5 Å². The molecule has 264 valence electrons. The highest BCUT2D eigenvalue weighted by molar-refractivity contribution is 7.85. The van der Waals surface area contributed by atoms with E-state index in [1.807, 2.05) is 121 Å². The molecule has 2 nitrogen and oxygen atoms in total. The van der Waals surface area contributed by atoms with Gasteiger partial charge >= 0.3 is 0 Å². The van der Waals surface area contributed by atoms with E-state index in [4.69, 9.17) is 0 Å². The monoisotopic (exact) mass is 744 g/mol. The molecule has 55 heavy (non-hydrogen) atoms. The predicted octanol–water partition coefficient (Wildman–Crippen LogP) is 9.93. The highest BCUT2D eigenvalue weighted by Gasteiger charge is 2.53. The first-order valence-corrected chi connectivity index (χ1v) is 22.2. The molecule has 0 aliphatic heterocycles. The van der Waals surface area contributed by atoms with Gasteiger partial charge in [-0.25, -0.2) is 0 Å². The third kappa shape index (κ3) is 4.82. The Balaban J connectivity index is 1.32. The Morgan fingerprint density at radius 2 is 0.582 bits per heavy atom. The molecule has 0 saturated carbocycles. The molecule has 0 atom stereocenters. The number of fused-ring (bicyclic) bond motifs is 10. The first-order valence-electron chi connectivity index (χ1n) is 18.8. The Morgan fingerprint density at radius 1 is 0.309 bits per heavy atom. The lowest BCUT2D eigenvalue weighted by atomic mass is 9.70. The van der Waals surface area contributed by atoms with Gasteiger partial charge in [0.1, 0.15) is 0 Å². The minimum absolute atomic E-state index is 0.740. The average Bonchev–Trinajstić information content (AvgIpc) is 3.69. The molecule has 8 aromatic rings. The molecule has 0 aromatic heterocycles. The summed E-state index contributed by atoms with van der Waals surface area (Å²) in [6, 6.07) is 66.3. The van der Waals surface area contributed by atoms with Crippen LogP contribution in [0.3, 0.4) is 0 Å². The maximum atomic E-state index is 16.0. The van der Waals surface area contributed by atoms with E-state index in [1.54, 1.807) is 0 Å². The van der Waals surface area contributed by atoms with Gasteiger partial charge in [0.05, 0.1) is 5.41 Å². The van der Waals surface area contributed by atoms with Crippen molar-refractivity contribution in [3.8, 4) is 22.3 Å². The number of hydrogen-bond acceptors (Lipinski definition) is 2. The van der Waals surface area contributed by atoms with E-state index in [2.05, 4.69) is 86.6 Å². The van der Waals surface area contributed by atoms with Crippen molar-refractivity contribution < 1.29 is 9.13 Å². The molecule has 2 aliphatic carbocycles. The van der Waals surface area contributed by atoms with Crippen molar-refractivity contribution in [3.63, 3.8) is 0 Å². The van der Waals surface area contributed by atoms with Crippen molar-refractivity contribution in [1.29, 1.82) is 0 Å². The summed E-state index contributed by atoms with van der Waals surface area (Å²) in [6.45, 7) is 4.31. The summed E-state index contributed by atoms with van der Waals surface area (Å²) in [5.74, 6) is 0. The normalized spacial score (nSPS) is 13.6. The topological polar surface area (TPSA) is 34.1 Å². The third-order valence-electron chi connectivity index (χ3n) is 11.8. The summed E-state index contributed by atoms with van der Waals surface area (Å²) in [6.07, 6.45) is 0. The smallest absolute Gasteiger partial charge is 0.171 e. The predicted molar refractivity (Wildman–Crippen MR) is 231 cm³/mol. The van der Waals surface area contributed by atoms with Gasteiger partial charge in [-0.2, -0.15) is 0 Å². The summed E-state index contributed by atoms with van der Waals surface area (Å²) in [4.78, 5) is 0. The second-order valence-electron chi connectivity index (χ2n) is 14.9. The minimum atomic E-state index is -3.31. The second kappa shape index (κ2) is 12.6. The average molecular weight is 745 g/mol. The lowest BCUT2D eigenvalue weighted by Crippen LogP contribution is -2.31. The van der Waals surface area contributed by atoms with Crippen LogP contribution >= 0.6 is 14.3 Å². The Morgan fingerprint density at radius 3 is 0.891 bits per heavy atom. The van der Waals surface area contributed by atoms with E-state index < -0.39 is 19.7 Å². The SMILES string of the molecule is Cc1ccc2c(c1)C1(c3cc(C)ccc3-2)c2cc(P(=O)(c3ccccc3)c3ccccc3)ccc2-c2ccc(P(=O)(c3ccccc3)c3ccccc3)cc21. The summed E-state index contributed by atoms with van der Waals surface area (Å²) in [5, 5.41) is 4.81. The van der Waals surface area contributed by atoms with Gasteiger partial charge in [-0.1, -0.05) is 193 Å². The maximum Gasteiger partial charge on any atom is 0.171 e. The molecular formula is C51H38O2P2. The molecule has 0 heterocycles. The third-order valence-corrected chi connectivity index (χ3v) is 17.9. The van der Waals surface area contributed by atoms with Crippen LogP contribution in [0.25, 0.3) is 22.3 Å². The van der Waals surface area contributed by atoms with Gasteiger partial charge in [0, 0.05) is 31.8 Å². The Hall–Kier alpha value is -5.78. The van der Waals surface area contributed by atoms with E-state index in [9.17, 15) is 0 Å². The molecule has 0 unspecified atom stereocenters. The number of rotatable bonds is 6. The molecule has 2 aliphatic rings. The van der Waals surface area contributed by atoms with Crippen molar-refractivity contribution in [3.05, 3.63) is 228 Å². The van der Waals surface area contributed by atoms with Crippen LogP contribution in [0.15, 0.2) is 194 Å². The van der Waals surface area contributed by atoms with E-state index in [1.165, 1.54) is 33.4 Å². The van der Waals surface area contributed by atoms with Gasteiger partial charge < -0.3 is 9.13 Å². The number of hydrogen-bond donors (Lipinski definition) is 0. The summed E-state index contributed by atoms with van der Waals surface area (Å²) in [5.41, 5.74) is 10.8. The zero-order chi connectivity index (χ0) is 37.4. The molecular weight excluding hydrogens is 707 g/mol. The van der Waals surface area contributed by atoms with Crippen LogP contribution < -0.4 is 31.8 Å². The molecule has 0 saturated heterocycles. The van der Waals surface area contributed by atoms with E-state index in [0.717, 1.165) is 54.1 Å². The van der Waals surface area contributed by atoms with Gasteiger partial charge in [0.25, 0.3) is 0 Å². The number of aryl methyl sites for hydroxylation is 2. The first kappa shape index (κ1) is 33.8. The molecule has 0 fully saturated rings. The fraction of sp³-hybridized carbons (Fsp3) is 0.0588. The highest BCUT2D eigenvalue weighted by Crippen LogP contribution is 2.64. The zero-order valence-corrected chi connectivity index (χ0v) is 32.5. The molecule has 10 rings (SSSR count). The van der Waals surface area contributed by atoms with Crippen molar-refractivity contribution in [2.75, 3.05) is 0 Å². The van der Waals surface area contributed by atoms with Crippen LogP contribution in [0.5, 0.6) is 0 Å². The largest absolute Gasteiger partial charge is 0.309 e. The fourth-order valence-corrected chi connectivity index (χ4v) is 14.6. The molecule has 8 aromatic carbocycles. The van der Waals surface area contributed by atoms with Crippen LogP contribution in [0, 0.1) is 13.8 Å². The van der Waals surface area contributed by atoms with Crippen LogP contribution in [0.2, 0.25) is 0 Å². The Labute approximate surface area is 322 Å². The molecule has 4 heteroatoms. The summed E-state index contributed by atoms with van der Waals surface area (Å²) in [7, 11) is -6.62. The van der Waals surface area contributed by atoms with Crippen LogP contribution in [-0.4, -0.2) is 0 Å². The van der Waals surface area contributed by atoms with Crippen LogP contribution in [-0.2, 0) is 14.5 Å². The highest BCUT2D eigenvalue weighted by atomic mass is 31.2. The Kier molecular flexibility index (Phi) is 7.76. The van der Waals surface area contributed by atoms with Crippen molar-refractivity contribution in [2.24, 2.45) is 0 Å². The van der Waals surface area contributed by atoms with Gasteiger partial charge in [-0.15, -0.1) is 0 Å². The first-order chi connectivity index (χ1) is 26.8. The van der Waals surface area contributed by atoms with Gasteiger partial charge in [0.15, 0.2) is 14.3 Å². The minimum Gasteiger partial charge on any atom is -0.309 e. The van der Waals surface area contributed by atoms with Gasteiger partial charge in [0.2, 0.25) is 0 Å². The van der Waals surface area contributed by atoms with E-state index in [-0.39, 0.29) is 0 Å². The molecule has 0 bridgehead atoms. The lowest BCUT2D eigenvalue weighted by Gasteiger charge is -2.32. The molecule has 0 amide bonds. The van der Waals surface area contributed by atoms with Crippen LogP contribution in [0.4, 0.5) is 0 Å². The molecule has 0 radical (unpaired) electrons. The fourth-order valence-electron chi connectivity index (χ4n) is 9.27. The van der Waals surface area contributed by atoms with Crippen molar-refractivity contribution in [1.82, 2.24) is 0 Å². The molecule has 0 N–H and O–H groups in total. The zero-order valence-electron chi connectivity index (χ0n) is 30.7.